The van der Waals surface area contributed by atoms with Crippen molar-refractivity contribution >= 4 is 0 Å². The zero-order chi connectivity index (χ0) is 9.99. The molecular formula is C5H9F5N2. The standard InChI is InChI=1S/C5H9F5N2/c6-3(1-11)5(9,10)4(7,8)2-12/h3H,1-2,11-12H2. The average molecular weight is 192 g/mol. The van der Waals surface area contributed by atoms with Crippen LogP contribution in [0.3, 0.4) is 0 Å². The maximum Gasteiger partial charge on any atom is 0.343 e. The molecule has 0 aliphatic rings. The molecule has 0 aromatic heterocycles. The fraction of sp³-hybridized carbons (Fsp3) is 1.00. The maximum atomic E-state index is 12.3. The van der Waals surface area contributed by atoms with Crippen LogP contribution in [-0.2, 0) is 0 Å². The minimum absolute atomic E-state index is 1.16. The summed E-state index contributed by atoms with van der Waals surface area (Å²) in [6.45, 7) is -2.77. The quantitative estimate of drug-likeness (QED) is 0.637. The van der Waals surface area contributed by atoms with E-state index in [2.05, 4.69) is 11.5 Å². The highest BCUT2D eigenvalue weighted by Gasteiger charge is 2.60. The van der Waals surface area contributed by atoms with E-state index in [9.17, 15) is 22.0 Å². The Labute approximate surface area is 65.7 Å². The zero-order valence-electron chi connectivity index (χ0n) is 6.04. The van der Waals surface area contributed by atoms with Gasteiger partial charge in [-0.25, -0.2) is 4.39 Å². The van der Waals surface area contributed by atoms with Crippen molar-refractivity contribution < 1.29 is 22.0 Å². The van der Waals surface area contributed by atoms with E-state index in [1.165, 1.54) is 0 Å². The summed E-state index contributed by atoms with van der Waals surface area (Å²) in [5, 5.41) is 0. The second-order valence-corrected chi connectivity index (χ2v) is 2.23. The molecule has 0 fully saturated rings. The van der Waals surface area contributed by atoms with Crippen LogP contribution in [0.25, 0.3) is 0 Å². The summed E-state index contributed by atoms with van der Waals surface area (Å²) >= 11 is 0. The molecule has 2 nitrogen and oxygen atoms in total. The minimum atomic E-state index is -4.80. The molecule has 1 atom stereocenters. The van der Waals surface area contributed by atoms with Gasteiger partial charge in [-0.3, -0.25) is 0 Å². The van der Waals surface area contributed by atoms with Crippen molar-refractivity contribution in [1.82, 2.24) is 0 Å². The summed E-state index contributed by atoms with van der Waals surface area (Å²) in [5.41, 5.74) is 8.83. The Bertz CT molecular complexity index is 149. The van der Waals surface area contributed by atoms with Crippen molar-refractivity contribution in [3.05, 3.63) is 0 Å². The van der Waals surface area contributed by atoms with Crippen molar-refractivity contribution in [2.75, 3.05) is 13.1 Å². The van der Waals surface area contributed by atoms with Gasteiger partial charge in [-0.05, 0) is 0 Å². The topological polar surface area (TPSA) is 52.0 Å². The molecule has 4 N–H and O–H groups in total. The van der Waals surface area contributed by atoms with Gasteiger partial charge in [0.1, 0.15) is 0 Å². The van der Waals surface area contributed by atoms with Gasteiger partial charge >= 0.3 is 11.8 Å². The smallest absolute Gasteiger partial charge is 0.328 e. The molecule has 0 spiro atoms. The van der Waals surface area contributed by atoms with Crippen LogP contribution in [-0.4, -0.2) is 31.1 Å². The molecule has 74 valence electrons. The van der Waals surface area contributed by atoms with Gasteiger partial charge in [0, 0.05) is 6.54 Å². The summed E-state index contributed by atoms with van der Waals surface area (Å²) in [7, 11) is 0. The van der Waals surface area contributed by atoms with E-state index >= 15 is 0 Å². The highest BCUT2D eigenvalue weighted by molar-refractivity contribution is 4.92. The SMILES string of the molecule is NCC(F)C(F)(F)C(F)(F)CN. The van der Waals surface area contributed by atoms with Crippen molar-refractivity contribution in [2.24, 2.45) is 11.5 Å². The van der Waals surface area contributed by atoms with E-state index in [1.54, 1.807) is 0 Å². The lowest BCUT2D eigenvalue weighted by molar-refractivity contribution is -0.231. The molecule has 0 saturated heterocycles. The predicted molar refractivity (Wildman–Crippen MR) is 32.9 cm³/mol. The molecule has 0 saturated carbocycles. The van der Waals surface area contributed by atoms with Crippen LogP contribution in [0.1, 0.15) is 0 Å². The van der Waals surface area contributed by atoms with Gasteiger partial charge in [-0.15, -0.1) is 0 Å². The average Bonchev–Trinajstić information content (AvgIpc) is 2.02. The molecule has 0 aliphatic carbocycles. The molecule has 0 bridgehead atoms. The second kappa shape index (κ2) is 3.53. The summed E-state index contributed by atoms with van der Waals surface area (Å²) in [4.78, 5) is 0. The fourth-order valence-corrected chi connectivity index (χ4v) is 0.513. The van der Waals surface area contributed by atoms with E-state index < -0.39 is 31.1 Å². The van der Waals surface area contributed by atoms with Crippen LogP contribution in [0.15, 0.2) is 0 Å². The molecule has 0 aromatic rings. The van der Waals surface area contributed by atoms with Crippen LogP contribution >= 0.6 is 0 Å². The fourth-order valence-electron chi connectivity index (χ4n) is 0.513. The second-order valence-electron chi connectivity index (χ2n) is 2.23. The third kappa shape index (κ3) is 1.84. The number of hydrogen-bond acceptors (Lipinski definition) is 2. The number of hydrogen-bond donors (Lipinski definition) is 2. The van der Waals surface area contributed by atoms with E-state index in [4.69, 9.17) is 0 Å². The third-order valence-corrected chi connectivity index (χ3v) is 1.34. The molecule has 0 amide bonds. The summed E-state index contributed by atoms with van der Waals surface area (Å²) in [6.07, 6.45) is -3.07. The summed E-state index contributed by atoms with van der Waals surface area (Å²) in [5.74, 6) is -9.34. The number of rotatable bonds is 4. The Kier molecular flexibility index (Phi) is 3.40. The van der Waals surface area contributed by atoms with Crippen LogP contribution in [0.5, 0.6) is 0 Å². The molecule has 0 aliphatic heterocycles. The van der Waals surface area contributed by atoms with Gasteiger partial charge in [-0.2, -0.15) is 17.6 Å². The maximum absolute atomic E-state index is 12.3. The molecule has 7 heteroatoms. The van der Waals surface area contributed by atoms with Crippen molar-refractivity contribution in [3.8, 4) is 0 Å². The first-order chi connectivity index (χ1) is 5.29. The van der Waals surface area contributed by atoms with Crippen molar-refractivity contribution in [3.63, 3.8) is 0 Å². The van der Waals surface area contributed by atoms with Crippen molar-refractivity contribution in [1.29, 1.82) is 0 Å². The predicted octanol–water partition coefficient (Wildman–Crippen LogP) is 0.512. The number of halogens is 5. The van der Waals surface area contributed by atoms with Gasteiger partial charge in [0.2, 0.25) is 0 Å². The first kappa shape index (κ1) is 11.6. The van der Waals surface area contributed by atoms with Gasteiger partial charge in [0.05, 0.1) is 6.54 Å². The minimum Gasteiger partial charge on any atom is -0.328 e. The molecule has 0 rings (SSSR count). The Morgan fingerprint density at radius 1 is 1.08 bits per heavy atom. The lowest BCUT2D eigenvalue weighted by atomic mass is 10.1. The molecule has 0 radical (unpaired) electrons. The molecular weight excluding hydrogens is 183 g/mol. The number of alkyl halides is 5. The highest BCUT2D eigenvalue weighted by atomic mass is 19.3. The monoisotopic (exact) mass is 192 g/mol. The Balaban J connectivity index is 4.58. The van der Waals surface area contributed by atoms with Crippen LogP contribution in [0, 0.1) is 0 Å². The van der Waals surface area contributed by atoms with Gasteiger partial charge < -0.3 is 11.5 Å². The zero-order valence-corrected chi connectivity index (χ0v) is 6.04. The molecule has 1 unspecified atom stereocenters. The molecule has 12 heavy (non-hydrogen) atoms. The van der Waals surface area contributed by atoms with Crippen LogP contribution in [0.4, 0.5) is 22.0 Å². The van der Waals surface area contributed by atoms with E-state index in [-0.39, 0.29) is 0 Å². The summed E-state index contributed by atoms with van der Waals surface area (Å²) < 4.78 is 61.2. The van der Waals surface area contributed by atoms with E-state index in [0.29, 0.717) is 0 Å². The first-order valence-corrected chi connectivity index (χ1v) is 3.09. The normalized spacial score (nSPS) is 16.2. The van der Waals surface area contributed by atoms with Crippen LogP contribution in [0.2, 0.25) is 0 Å². The third-order valence-electron chi connectivity index (χ3n) is 1.34. The van der Waals surface area contributed by atoms with Gasteiger partial charge in [-0.1, -0.05) is 0 Å². The van der Waals surface area contributed by atoms with Crippen LogP contribution < -0.4 is 11.5 Å². The van der Waals surface area contributed by atoms with E-state index in [1.807, 2.05) is 0 Å². The van der Waals surface area contributed by atoms with Gasteiger partial charge in [0.25, 0.3) is 0 Å². The van der Waals surface area contributed by atoms with Gasteiger partial charge in [0.15, 0.2) is 6.17 Å². The summed E-state index contributed by atoms with van der Waals surface area (Å²) in [6, 6.07) is 0. The molecule has 0 heterocycles. The first-order valence-electron chi connectivity index (χ1n) is 3.09. The lowest BCUT2D eigenvalue weighted by Crippen LogP contribution is -2.54. The molecule has 0 aromatic carbocycles. The lowest BCUT2D eigenvalue weighted by Gasteiger charge is -2.27. The Morgan fingerprint density at radius 3 is 1.75 bits per heavy atom. The van der Waals surface area contributed by atoms with Crippen molar-refractivity contribution in [2.45, 2.75) is 18.0 Å². The van der Waals surface area contributed by atoms with E-state index in [0.717, 1.165) is 0 Å². The Hall–Kier alpha value is -0.430. The highest BCUT2D eigenvalue weighted by Crippen LogP contribution is 2.37. The number of nitrogens with two attached hydrogens (primary N) is 2. The largest absolute Gasteiger partial charge is 0.343 e. The Morgan fingerprint density at radius 2 is 1.50 bits per heavy atom.